The van der Waals surface area contributed by atoms with Gasteiger partial charge in [-0.1, -0.05) is 17.7 Å². The molecule has 1 aromatic carbocycles. The molecule has 2 aromatic rings. The van der Waals surface area contributed by atoms with Crippen molar-refractivity contribution in [3.63, 3.8) is 0 Å². The van der Waals surface area contributed by atoms with Crippen LogP contribution in [0.1, 0.15) is 10.4 Å². The smallest absolute Gasteiger partial charge is 0.337 e. The number of nitrogens with one attached hydrogen (secondary N) is 1. The van der Waals surface area contributed by atoms with E-state index in [4.69, 9.17) is 11.6 Å². The van der Waals surface area contributed by atoms with E-state index in [1.165, 1.54) is 43.6 Å². The van der Waals surface area contributed by atoms with E-state index in [9.17, 15) is 13.2 Å². The zero-order valence-corrected chi connectivity index (χ0v) is 12.5. The van der Waals surface area contributed by atoms with Crippen LogP contribution in [0.5, 0.6) is 0 Å². The first kappa shape index (κ1) is 15.3. The summed E-state index contributed by atoms with van der Waals surface area (Å²) >= 11 is 5.67. The number of nitrogens with zero attached hydrogens (tertiary/aromatic N) is 1. The van der Waals surface area contributed by atoms with Gasteiger partial charge in [-0.3, -0.25) is 4.72 Å². The molecule has 0 amide bonds. The fraction of sp³-hybridized carbons (Fsp3) is 0.0769. The number of sulfonamides is 1. The van der Waals surface area contributed by atoms with Gasteiger partial charge in [0, 0.05) is 11.9 Å². The third-order valence-electron chi connectivity index (χ3n) is 2.54. The highest BCUT2D eigenvalue weighted by atomic mass is 35.5. The monoisotopic (exact) mass is 326 g/mol. The Labute approximate surface area is 126 Å². The quantitative estimate of drug-likeness (QED) is 0.688. The van der Waals surface area contributed by atoms with Crippen LogP contribution in [0, 0.1) is 0 Å². The standard InChI is InChI=1S/C13H11ClN2O4S/c1-20-13(17)9-3-2-4-10(7-9)16-21(18,19)11-5-6-15-12(14)8-11/h2-8,16H,1H3. The van der Waals surface area contributed by atoms with Gasteiger partial charge in [-0.2, -0.15) is 0 Å². The Morgan fingerprint density at radius 3 is 2.71 bits per heavy atom. The van der Waals surface area contributed by atoms with E-state index in [2.05, 4.69) is 14.4 Å². The number of carbonyl (C=O) groups excluding carboxylic acids is 1. The van der Waals surface area contributed by atoms with E-state index in [-0.39, 0.29) is 21.3 Å². The molecule has 2 rings (SSSR count). The number of carbonyl (C=O) groups is 1. The average Bonchev–Trinajstić information content (AvgIpc) is 2.46. The summed E-state index contributed by atoms with van der Waals surface area (Å²) in [6.07, 6.45) is 1.29. The summed E-state index contributed by atoms with van der Waals surface area (Å²) in [6, 6.07) is 8.52. The second kappa shape index (κ2) is 6.11. The minimum atomic E-state index is -3.81. The number of hydrogen-bond acceptors (Lipinski definition) is 5. The molecule has 6 nitrogen and oxygen atoms in total. The van der Waals surface area contributed by atoms with Crippen molar-refractivity contribution < 1.29 is 17.9 Å². The molecule has 0 radical (unpaired) electrons. The van der Waals surface area contributed by atoms with Crippen LogP contribution in [-0.2, 0) is 14.8 Å². The van der Waals surface area contributed by atoms with E-state index in [0.29, 0.717) is 0 Å². The van der Waals surface area contributed by atoms with Gasteiger partial charge in [0.05, 0.1) is 17.6 Å². The topological polar surface area (TPSA) is 85.4 Å². The Morgan fingerprint density at radius 1 is 1.29 bits per heavy atom. The minimum absolute atomic E-state index is 0.0222. The van der Waals surface area contributed by atoms with Crippen LogP contribution in [0.4, 0.5) is 5.69 Å². The maximum atomic E-state index is 12.2. The van der Waals surface area contributed by atoms with Gasteiger partial charge in [-0.15, -0.1) is 0 Å². The number of pyridine rings is 1. The van der Waals surface area contributed by atoms with Gasteiger partial charge in [-0.25, -0.2) is 18.2 Å². The van der Waals surface area contributed by atoms with Crippen LogP contribution in [-0.4, -0.2) is 26.5 Å². The van der Waals surface area contributed by atoms with Crippen molar-refractivity contribution in [2.45, 2.75) is 4.90 Å². The van der Waals surface area contributed by atoms with Crippen molar-refractivity contribution in [3.05, 3.63) is 53.3 Å². The average molecular weight is 327 g/mol. The second-order valence-corrected chi connectivity index (χ2v) is 6.06. The third kappa shape index (κ3) is 3.71. The molecule has 1 heterocycles. The molecular weight excluding hydrogens is 316 g/mol. The number of methoxy groups -OCH3 is 1. The van der Waals surface area contributed by atoms with Crippen molar-refractivity contribution in [3.8, 4) is 0 Å². The van der Waals surface area contributed by atoms with Gasteiger partial charge in [-0.05, 0) is 30.3 Å². The molecular formula is C13H11ClN2O4S. The molecule has 21 heavy (non-hydrogen) atoms. The number of halogens is 1. The minimum Gasteiger partial charge on any atom is -0.465 e. The predicted octanol–water partition coefficient (Wildman–Crippen LogP) is 2.32. The fourth-order valence-electron chi connectivity index (χ4n) is 1.59. The van der Waals surface area contributed by atoms with Crippen LogP contribution in [0.2, 0.25) is 5.15 Å². The zero-order valence-electron chi connectivity index (χ0n) is 10.9. The van der Waals surface area contributed by atoms with Crippen LogP contribution in [0.25, 0.3) is 0 Å². The zero-order chi connectivity index (χ0) is 15.5. The number of hydrogen-bond donors (Lipinski definition) is 1. The summed E-state index contributed by atoms with van der Waals surface area (Å²) in [6.45, 7) is 0. The Kier molecular flexibility index (Phi) is 4.44. The van der Waals surface area contributed by atoms with Gasteiger partial charge in [0.25, 0.3) is 10.0 Å². The molecule has 110 valence electrons. The molecule has 0 spiro atoms. The summed E-state index contributed by atoms with van der Waals surface area (Å²) in [4.78, 5) is 15.1. The lowest BCUT2D eigenvalue weighted by atomic mass is 10.2. The van der Waals surface area contributed by atoms with Crippen LogP contribution >= 0.6 is 11.6 Å². The highest BCUT2D eigenvalue weighted by Gasteiger charge is 2.16. The maximum Gasteiger partial charge on any atom is 0.337 e. The lowest BCUT2D eigenvalue weighted by molar-refractivity contribution is 0.0601. The number of ether oxygens (including phenoxy) is 1. The molecule has 8 heteroatoms. The normalized spacial score (nSPS) is 11.0. The fourth-order valence-corrected chi connectivity index (χ4v) is 2.89. The Balaban J connectivity index is 2.31. The lowest BCUT2D eigenvalue weighted by Crippen LogP contribution is -2.13. The molecule has 1 N–H and O–H groups in total. The second-order valence-electron chi connectivity index (χ2n) is 3.99. The first-order valence-electron chi connectivity index (χ1n) is 5.75. The van der Waals surface area contributed by atoms with Crippen molar-refractivity contribution in [2.24, 2.45) is 0 Å². The predicted molar refractivity (Wildman–Crippen MR) is 77.8 cm³/mol. The van der Waals surface area contributed by atoms with Crippen molar-refractivity contribution in [2.75, 3.05) is 11.8 Å². The molecule has 0 unspecified atom stereocenters. The SMILES string of the molecule is COC(=O)c1cccc(NS(=O)(=O)c2ccnc(Cl)c2)c1. The molecule has 0 bridgehead atoms. The van der Waals surface area contributed by atoms with Crippen LogP contribution in [0.3, 0.4) is 0 Å². The molecule has 0 saturated carbocycles. The first-order chi connectivity index (χ1) is 9.92. The number of rotatable bonds is 4. The number of esters is 1. The largest absolute Gasteiger partial charge is 0.465 e. The summed E-state index contributed by atoms with van der Waals surface area (Å²) in [5.74, 6) is -0.553. The first-order valence-corrected chi connectivity index (χ1v) is 7.61. The van der Waals surface area contributed by atoms with E-state index in [1.54, 1.807) is 6.07 Å². The third-order valence-corrected chi connectivity index (χ3v) is 4.13. The molecule has 1 aromatic heterocycles. The number of aromatic nitrogens is 1. The molecule has 0 atom stereocenters. The van der Waals surface area contributed by atoms with Gasteiger partial charge in [0.15, 0.2) is 0 Å². The van der Waals surface area contributed by atoms with Crippen LogP contribution < -0.4 is 4.72 Å². The van der Waals surface area contributed by atoms with Crippen molar-refractivity contribution in [1.82, 2.24) is 4.98 Å². The maximum absolute atomic E-state index is 12.2. The van der Waals surface area contributed by atoms with E-state index < -0.39 is 16.0 Å². The Hall–Kier alpha value is -2.12. The highest BCUT2D eigenvalue weighted by molar-refractivity contribution is 7.92. The van der Waals surface area contributed by atoms with Gasteiger partial charge in [0.2, 0.25) is 0 Å². The molecule has 0 aliphatic rings. The summed E-state index contributed by atoms with van der Waals surface area (Å²) < 4.78 is 31.3. The summed E-state index contributed by atoms with van der Waals surface area (Å²) in [5.41, 5.74) is 0.483. The summed E-state index contributed by atoms with van der Waals surface area (Å²) in [7, 11) is -2.56. The van der Waals surface area contributed by atoms with Gasteiger partial charge in [0.1, 0.15) is 5.15 Å². The van der Waals surface area contributed by atoms with E-state index >= 15 is 0 Å². The molecule has 0 aliphatic carbocycles. The Morgan fingerprint density at radius 2 is 2.05 bits per heavy atom. The lowest BCUT2D eigenvalue weighted by Gasteiger charge is -2.09. The highest BCUT2D eigenvalue weighted by Crippen LogP contribution is 2.19. The Bertz CT molecular complexity index is 777. The molecule has 0 aliphatic heterocycles. The van der Waals surface area contributed by atoms with Gasteiger partial charge < -0.3 is 4.74 Å². The number of benzene rings is 1. The number of anilines is 1. The van der Waals surface area contributed by atoms with E-state index in [0.717, 1.165) is 0 Å². The molecule has 0 fully saturated rings. The van der Waals surface area contributed by atoms with Crippen molar-refractivity contribution in [1.29, 1.82) is 0 Å². The van der Waals surface area contributed by atoms with E-state index in [1.807, 2.05) is 0 Å². The van der Waals surface area contributed by atoms with Crippen LogP contribution in [0.15, 0.2) is 47.5 Å². The van der Waals surface area contributed by atoms with Gasteiger partial charge >= 0.3 is 5.97 Å². The summed E-state index contributed by atoms with van der Waals surface area (Å²) in [5, 5.41) is 0.0705. The van der Waals surface area contributed by atoms with Crippen molar-refractivity contribution >= 4 is 33.3 Å². The molecule has 0 saturated heterocycles.